The molecule has 232 valence electrons. The molecule has 2 amide bonds. The molecule has 0 aromatic heterocycles. The number of carbonyl (C=O) groups is 2. The molecule has 0 spiro atoms. The largest absolute Gasteiger partial charge is 0.336 e. The van der Waals surface area contributed by atoms with Crippen LogP contribution in [0.25, 0.3) is 0 Å². The Labute approximate surface area is 271 Å². The van der Waals surface area contributed by atoms with Crippen LogP contribution in [-0.4, -0.2) is 66.4 Å². The van der Waals surface area contributed by atoms with E-state index in [0.29, 0.717) is 71.3 Å². The van der Waals surface area contributed by atoms with Crippen LogP contribution in [0, 0.1) is 5.92 Å². The van der Waals surface area contributed by atoms with Gasteiger partial charge in [-0.3, -0.25) is 9.59 Å². The van der Waals surface area contributed by atoms with Gasteiger partial charge in [-0.15, -0.1) is 0 Å². The van der Waals surface area contributed by atoms with Crippen molar-refractivity contribution >= 4 is 58.2 Å². The molecular formula is C32H44Cl4N4O2. The Morgan fingerprint density at radius 3 is 1.83 bits per heavy atom. The summed E-state index contributed by atoms with van der Waals surface area (Å²) in [7, 11) is 0. The van der Waals surface area contributed by atoms with Crippen molar-refractivity contribution in [2.45, 2.75) is 77.3 Å². The molecule has 2 unspecified atom stereocenters. The zero-order valence-electron chi connectivity index (χ0n) is 24.7. The summed E-state index contributed by atoms with van der Waals surface area (Å²) in [6, 6.07) is 11.0. The van der Waals surface area contributed by atoms with E-state index in [1.165, 1.54) is 0 Å². The Hall–Kier alpha value is -1.54. The Kier molecular flexibility index (Phi) is 14.7. The van der Waals surface area contributed by atoms with E-state index in [1.807, 2.05) is 34.1 Å². The molecule has 3 rings (SSSR count). The summed E-state index contributed by atoms with van der Waals surface area (Å²) in [6.45, 7) is 7.71. The van der Waals surface area contributed by atoms with Crippen LogP contribution >= 0.6 is 46.4 Å². The minimum absolute atomic E-state index is 0.0253. The Morgan fingerprint density at radius 1 is 0.810 bits per heavy atom. The molecule has 1 fully saturated rings. The fourth-order valence-electron chi connectivity index (χ4n) is 5.59. The van der Waals surface area contributed by atoms with Gasteiger partial charge < -0.3 is 20.9 Å². The van der Waals surface area contributed by atoms with Gasteiger partial charge in [-0.1, -0.05) is 78.8 Å². The maximum absolute atomic E-state index is 13.7. The number of benzene rings is 2. The molecule has 42 heavy (non-hydrogen) atoms. The molecule has 1 aliphatic rings. The van der Waals surface area contributed by atoms with Gasteiger partial charge in [0, 0.05) is 51.1 Å². The number of aryl methyl sites for hydroxylation is 2. The fourth-order valence-corrected chi connectivity index (χ4v) is 6.23. The van der Waals surface area contributed by atoms with Crippen molar-refractivity contribution in [3.8, 4) is 0 Å². The zero-order chi connectivity index (χ0) is 30.6. The molecular weight excluding hydrogens is 614 g/mol. The van der Waals surface area contributed by atoms with E-state index in [9.17, 15) is 9.59 Å². The summed E-state index contributed by atoms with van der Waals surface area (Å²) in [5.74, 6) is 0.618. The minimum atomic E-state index is -0.0295. The highest BCUT2D eigenvalue weighted by Crippen LogP contribution is 2.28. The number of nitrogens with zero attached hydrogens (tertiary/aromatic N) is 2. The number of rotatable bonds is 15. The van der Waals surface area contributed by atoms with Gasteiger partial charge in [-0.2, -0.15) is 0 Å². The maximum atomic E-state index is 13.7. The topological polar surface area (TPSA) is 78.7 Å². The Bertz CT molecular complexity index is 1180. The van der Waals surface area contributed by atoms with Crippen molar-refractivity contribution in [1.82, 2.24) is 15.1 Å². The molecule has 0 aliphatic carbocycles. The van der Waals surface area contributed by atoms with Gasteiger partial charge in [0.05, 0.1) is 20.1 Å². The van der Waals surface area contributed by atoms with E-state index in [0.717, 1.165) is 49.9 Å². The molecule has 6 nitrogen and oxygen atoms in total. The first-order valence-corrected chi connectivity index (χ1v) is 16.5. The van der Waals surface area contributed by atoms with Gasteiger partial charge in [0.15, 0.2) is 0 Å². The van der Waals surface area contributed by atoms with Crippen LogP contribution in [0.1, 0.15) is 63.5 Å². The first kappa shape index (κ1) is 34.9. The van der Waals surface area contributed by atoms with Gasteiger partial charge >= 0.3 is 0 Å². The number of halogens is 4. The third kappa shape index (κ3) is 10.9. The van der Waals surface area contributed by atoms with Crippen LogP contribution < -0.4 is 11.1 Å². The molecule has 2 aromatic carbocycles. The molecule has 10 heteroatoms. The lowest BCUT2D eigenvalue weighted by molar-refractivity contribution is -0.147. The van der Waals surface area contributed by atoms with Gasteiger partial charge in [-0.25, -0.2) is 0 Å². The summed E-state index contributed by atoms with van der Waals surface area (Å²) in [6.07, 6.45) is 5.56. The van der Waals surface area contributed by atoms with Gasteiger partial charge in [0.1, 0.15) is 0 Å². The first-order chi connectivity index (χ1) is 20.1. The van der Waals surface area contributed by atoms with Gasteiger partial charge in [0.2, 0.25) is 11.8 Å². The van der Waals surface area contributed by atoms with Crippen LogP contribution in [0.15, 0.2) is 36.4 Å². The molecule has 1 aliphatic heterocycles. The summed E-state index contributed by atoms with van der Waals surface area (Å²) in [5, 5.41) is 5.34. The van der Waals surface area contributed by atoms with Gasteiger partial charge in [0.25, 0.3) is 0 Å². The lowest BCUT2D eigenvalue weighted by Gasteiger charge is -2.47. The lowest BCUT2D eigenvalue weighted by atomic mass is 9.94. The van der Waals surface area contributed by atoms with Crippen LogP contribution in [-0.2, 0) is 22.4 Å². The highest BCUT2D eigenvalue weighted by molar-refractivity contribution is 6.42. The second kappa shape index (κ2) is 17.7. The fraction of sp³-hybridized carbons (Fsp3) is 0.562. The summed E-state index contributed by atoms with van der Waals surface area (Å²) < 4.78 is 0. The monoisotopic (exact) mass is 656 g/mol. The van der Waals surface area contributed by atoms with Crippen molar-refractivity contribution in [2.75, 3.05) is 32.7 Å². The summed E-state index contributed by atoms with van der Waals surface area (Å²) in [4.78, 5) is 31.5. The summed E-state index contributed by atoms with van der Waals surface area (Å²) in [5.41, 5.74) is 7.56. The molecule has 0 radical (unpaired) electrons. The molecule has 3 N–H and O–H groups in total. The minimum Gasteiger partial charge on any atom is -0.336 e. The molecule has 2 aromatic rings. The molecule has 2 atom stereocenters. The zero-order valence-corrected chi connectivity index (χ0v) is 27.7. The predicted molar refractivity (Wildman–Crippen MR) is 176 cm³/mol. The predicted octanol–water partition coefficient (Wildman–Crippen LogP) is 7.04. The van der Waals surface area contributed by atoms with Crippen LogP contribution in [0.4, 0.5) is 0 Å². The lowest BCUT2D eigenvalue weighted by Crippen LogP contribution is -2.61. The van der Waals surface area contributed by atoms with Crippen LogP contribution in [0.5, 0.6) is 0 Å². The van der Waals surface area contributed by atoms with E-state index in [4.69, 9.17) is 52.1 Å². The van der Waals surface area contributed by atoms with Crippen LogP contribution in [0.3, 0.4) is 0 Å². The first-order valence-electron chi connectivity index (χ1n) is 15.0. The van der Waals surface area contributed by atoms with Crippen molar-refractivity contribution in [3.63, 3.8) is 0 Å². The SMILES string of the molecule is CC(C)CC1CN(C(=O)CCc2ccc(Cl)c(Cl)c2)C(CCCCNCCN)CN1C(=O)CCc1ccc(Cl)c(Cl)c1. The van der Waals surface area contributed by atoms with E-state index in [-0.39, 0.29) is 23.9 Å². The normalized spacial score (nSPS) is 17.2. The number of unbranched alkanes of at least 4 members (excludes halogenated alkanes) is 1. The quantitative estimate of drug-likeness (QED) is 0.202. The average molecular weight is 659 g/mol. The Balaban J connectivity index is 1.73. The van der Waals surface area contributed by atoms with Crippen molar-refractivity contribution < 1.29 is 9.59 Å². The average Bonchev–Trinajstić information content (AvgIpc) is 2.95. The van der Waals surface area contributed by atoms with Crippen LogP contribution in [0.2, 0.25) is 20.1 Å². The smallest absolute Gasteiger partial charge is 0.223 e. The molecule has 1 saturated heterocycles. The number of hydrogen-bond acceptors (Lipinski definition) is 4. The molecule has 0 bridgehead atoms. The number of carbonyl (C=O) groups excluding carboxylic acids is 2. The molecule has 1 heterocycles. The number of nitrogens with two attached hydrogens (primary N) is 1. The highest BCUT2D eigenvalue weighted by Gasteiger charge is 2.38. The van der Waals surface area contributed by atoms with E-state index >= 15 is 0 Å². The van der Waals surface area contributed by atoms with E-state index < -0.39 is 0 Å². The standard InChI is InChI=1S/C32H44Cl4N4O2/c1-22(2)17-26-21-39(31(41)12-8-23-6-10-27(33)29(35)18-23)25(5-3-4-15-38-16-14-37)20-40(26)32(42)13-9-24-7-11-28(34)30(36)19-24/h6-7,10-11,18-19,22,25-26,38H,3-5,8-9,12-17,20-21,37H2,1-2H3. The maximum Gasteiger partial charge on any atom is 0.223 e. The number of hydrogen-bond donors (Lipinski definition) is 2. The van der Waals surface area contributed by atoms with Crippen molar-refractivity contribution in [1.29, 1.82) is 0 Å². The number of piperazine rings is 1. The number of amides is 2. The second-order valence-corrected chi connectivity index (χ2v) is 13.2. The third-order valence-electron chi connectivity index (χ3n) is 7.77. The second-order valence-electron chi connectivity index (χ2n) is 11.6. The highest BCUT2D eigenvalue weighted by atomic mass is 35.5. The summed E-state index contributed by atoms with van der Waals surface area (Å²) >= 11 is 24.6. The van der Waals surface area contributed by atoms with Crippen molar-refractivity contribution in [3.05, 3.63) is 67.6 Å². The van der Waals surface area contributed by atoms with Crippen molar-refractivity contribution in [2.24, 2.45) is 11.7 Å². The van der Waals surface area contributed by atoms with E-state index in [1.54, 1.807) is 12.1 Å². The number of nitrogens with one attached hydrogen (secondary N) is 1. The molecule has 0 saturated carbocycles. The Morgan fingerprint density at radius 2 is 1.33 bits per heavy atom. The van der Waals surface area contributed by atoms with Gasteiger partial charge in [-0.05, 0) is 80.0 Å². The third-order valence-corrected chi connectivity index (χ3v) is 9.24. The van der Waals surface area contributed by atoms with E-state index in [2.05, 4.69) is 19.2 Å².